The van der Waals surface area contributed by atoms with Gasteiger partial charge in [0.1, 0.15) is 5.82 Å². The second-order valence-corrected chi connectivity index (χ2v) is 5.33. The van der Waals surface area contributed by atoms with Gasteiger partial charge in [0.25, 0.3) is 5.91 Å². The van der Waals surface area contributed by atoms with Crippen LogP contribution >= 0.6 is 15.9 Å². The van der Waals surface area contributed by atoms with Gasteiger partial charge in [-0.3, -0.25) is 4.79 Å². The van der Waals surface area contributed by atoms with Crippen molar-refractivity contribution in [2.24, 2.45) is 0 Å². The van der Waals surface area contributed by atoms with Crippen LogP contribution in [-0.2, 0) is 0 Å². The Morgan fingerprint density at radius 3 is 2.82 bits per heavy atom. The van der Waals surface area contributed by atoms with Crippen LogP contribution in [0.3, 0.4) is 0 Å². The van der Waals surface area contributed by atoms with E-state index in [2.05, 4.69) is 25.8 Å². The maximum absolute atomic E-state index is 12.1. The minimum atomic E-state index is -0.0469. The van der Waals surface area contributed by atoms with Crippen molar-refractivity contribution < 1.29 is 4.79 Å². The summed E-state index contributed by atoms with van der Waals surface area (Å²) in [6.07, 6.45) is 1.59. The van der Waals surface area contributed by atoms with Gasteiger partial charge in [0, 0.05) is 29.8 Å². The third-order valence-corrected chi connectivity index (χ3v) is 3.43. The highest BCUT2D eigenvalue weighted by molar-refractivity contribution is 9.10. The van der Waals surface area contributed by atoms with E-state index in [-0.39, 0.29) is 11.7 Å². The fourth-order valence-corrected chi connectivity index (χ4v) is 2.07. The van der Waals surface area contributed by atoms with Crippen molar-refractivity contribution in [2.45, 2.75) is 6.04 Å². The molecule has 0 radical (unpaired) electrons. The molecular weight excluding hydrogens is 284 g/mol. The van der Waals surface area contributed by atoms with Gasteiger partial charge in [0.2, 0.25) is 0 Å². The minimum absolute atomic E-state index is 0.0469. The molecule has 2 N–H and O–H groups in total. The first-order valence-corrected chi connectivity index (χ1v) is 6.15. The summed E-state index contributed by atoms with van der Waals surface area (Å²) >= 11 is 3.29. The van der Waals surface area contributed by atoms with E-state index in [1.54, 1.807) is 17.2 Å². The van der Waals surface area contributed by atoms with Crippen LogP contribution in [0, 0.1) is 0 Å². The van der Waals surface area contributed by atoms with Crippen LogP contribution in [0.2, 0.25) is 0 Å². The number of carbonyl (C=O) groups is 1. The van der Waals surface area contributed by atoms with Crippen LogP contribution < -0.4 is 5.73 Å². The predicted molar refractivity (Wildman–Crippen MR) is 69.7 cm³/mol. The van der Waals surface area contributed by atoms with Gasteiger partial charge in [-0.15, -0.1) is 0 Å². The lowest BCUT2D eigenvalue weighted by atomic mass is 10.1. The SMILES string of the molecule is CN(C)C1CN(C(=O)c2cc(Br)cnc2N)C1. The Morgan fingerprint density at radius 1 is 1.59 bits per heavy atom. The number of nitrogen functional groups attached to an aromatic ring is 1. The largest absolute Gasteiger partial charge is 0.383 e. The van der Waals surface area contributed by atoms with Crippen LogP contribution in [0.25, 0.3) is 0 Å². The molecule has 17 heavy (non-hydrogen) atoms. The topological polar surface area (TPSA) is 62.5 Å². The molecule has 1 fully saturated rings. The summed E-state index contributed by atoms with van der Waals surface area (Å²) in [5, 5.41) is 0. The van der Waals surface area contributed by atoms with Crippen molar-refractivity contribution in [1.29, 1.82) is 0 Å². The van der Waals surface area contributed by atoms with Gasteiger partial charge >= 0.3 is 0 Å². The Bertz CT molecular complexity index is 443. The van der Waals surface area contributed by atoms with Crippen molar-refractivity contribution in [2.75, 3.05) is 32.9 Å². The summed E-state index contributed by atoms with van der Waals surface area (Å²) in [6, 6.07) is 2.16. The lowest BCUT2D eigenvalue weighted by Crippen LogP contribution is -2.59. The standard InChI is InChI=1S/C11H15BrN4O/c1-15(2)8-5-16(6-8)11(17)9-3-7(12)4-14-10(9)13/h3-4,8H,5-6H2,1-2H3,(H2,13,14). The molecule has 0 atom stereocenters. The van der Waals surface area contributed by atoms with E-state index in [9.17, 15) is 4.79 Å². The highest BCUT2D eigenvalue weighted by atomic mass is 79.9. The first kappa shape index (κ1) is 12.3. The van der Waals surface area contributed by atoms with E-state index in [4.69, 9.17) is 5.73 Å². The maximum Gasteiger partial charge on any atom is 0.257 e. The maximum atomic E-state index is 12.1. The second kappa shape index (κ2) is 4.62. The van der Waals surface area contributed by atoms with Crippen LogP contribution in [0.5, 0.6) is 0 Å². The van der Waals surface area contributed by atoms with Gasteiger partial charge in [-0.2, -0.15) is 0 Å². The monoisotopic (exact) mass is 298 g/mol. The van der Waals surface area contributed by atoms with E-state index in [1.807, 2.05) is 14.1 Å². The molecule has 2 rings (SSSR count). The molecule has 1 aromatic heterocycles. The molecule has 0 aromatic carbocycles. The number of nitrogens with zero attached hydrogens (tertiary/aromatic N) is 3. The molecule has 0 bridgehead atoms. The molecule has 1 aromatic rings. The lowest BCUT2D eigenvalue weighted by molar-refractivity contribution is 0.0400. The highest BCUT2D eigenvalue weighted by Gasteiger charge is 2.33. The number of amides is 1. The number of anilines is 1. The number of rotatable bonds is 2. The number of likely N-dealkylation sites (N-methyl/N-ethyl adjacent to an activating group) is 1. The molecule has 0 aliphatic carbocycles. The van der Waals surface area contributed by atoms with E-state index in [0.29, 0.717) is 11.6 Å². The van der Waals surface area contributed by atoms with Crippen molar-refractivity contribution in [3.63, 3.8) is 0 Å². The van der Waals surface area contributed by atoms with Crippen molar-refractivity contribution in [3.05, 3.63) is 22.3 Å². The number of hydrogen-bond acceptors (Lipinski definition) is 4. The normalized spacial score (nSPS) is 16.1. The molecule has 2 heterocycles. The van der Waals surface area contributed by atoms with Crippen LogP contribution in [0.15, 0.2) is 16.7 Å². The Hall–Kier alpha value is -1.14. The van der Waals surface area contributed by atoms with Crippen LogP contribution in [0.4, 0.5) is 5.82 Å². The Balaban J connectivity index is 2.09. The van der Waals surface area contributed by atoms with Gasteiger partial charge < -0.3 is 15.5 Å². The van der Waals surface area contributed by atoms with Crippen molar-refractivity contribution in [3.8, 4) is 0 Å². The minimum Gasteiger partial charge on any atom is -0.383 e. The molecule has 1 aliphatic rings. The van der Waals surface area contributed by atoms with Crippen LogP contribution in [0.1, 0.15) is 10.4 Å². The van der Waals surface area contributed by atoms with E-state index >= 15 is 0 Å². The average Bonchev–Trinajstić information content (AvgIpc) is 2.18. The predicted octanol–water partition coefficient (Wildman–Crippen LogP) is 0.812. The fourth-order valence-electron chi connectivity index (χ4n) is 1.74. The Kier molecular flexibility index (Phi) is 3.35. The highest BCUT2D eigenvalue weighted by Crippen LogP contribution is 2.21. The van der Waals surface area contributed by atoms with Gasteiger partial charge in [-0.1, -0.05) is 0 Å². The summed E-state index contributed by atoms with van der Waals surface area (Å²) in [5.41, 5.74) is 6.18. The lowest BCUT2D eigenvalue weighted by Gasteiger charge is -2.42. The zero-order chi connectivity index (χ0) is 12.6. The third-order valence-electron chi connectivity index (χ3n) is 3.00. The van der Waals surface area contributed by atoms with E-state index < -0.39 is 0 Å². The smallest absolute Gasteiger partial charge is 0.257 e. The third kappa shape index (κ3) is 2.42. The first-order chi connectivity index (χ1) is 7.99. The molecule has 6 heteroatoms. The number of nitrogens with two attached hydrogens (primary N) is 1. The molecule has 1 aliphatic heterocycles. The van der Waals surface area contributed by atoms with Crippen LogP contribution in [-0.4, -0.2) is 53.9 Å². The molecule has 1 amide bonds. The zero-order valence-electron chi connectivity index (χ0n) is 9.85. The van der Waals surface area contributed by atoms with E-state index in [1.165, 1.54) is 0 Å². The molecule has 92 valence electrons. The van der Waals surface area contributed by atoms with Gasteiger partial charge in [0.05, 0.1) is 5.56 Å². The first-order valence-electron chi connectivity index (χ1n) is 5.35. The van der Waals surface area contributed by atoms with E-state index in [0.717, 1.165) is 17.6 Å². The van der Waals surface area contributed by atoms with Gasteiger partial charge in [-0.05, 0) is 36.1 Å². The Morgan fingerprint density at radius 2 is 2.24 bits per heavy atom. The summed E-state index contributed by atoms with van der Waals surface area (Å²) in [6.45, 7) is 1.50. The summed E-state index contributed by atoms with van der Waals surface area (Å²) in [7, 11) is 4.03. The molecule has 5 nitrogen and oxygen atoms in total. The number of hydrogen-bond donors (Lipinski definition) is 1. The molecular formula is C11H15BrN4O. The zero-order valence-corrected chi connectivity index (χ0v) is 11.4. The number of aromatic nitrogens is 1. The number of pyridine rings is 1. The number of halogens is 1. The molecule has 0 unspecified atom stereocenters. The quantitative estimate of drug-likeness (QED) is 0.878. The molecule has 0 saturated carbocycles. The van der Waals surface area contributed by atoms with Crippen molar-refractivity contribution >= 4 is 27.7 Å². The average molecular weight is 299 g/mol. The summed E-state index contributed by atoms with van der Waals surface area (Å²) in [4.78, 5) is 20.0. The van der Waals surface area contributed by atoms with Gasteiger partial charge in [-0.25, -0.2) is 4.98 Å². The fraction of sp³-hybridized carbons (Fsp3) is 0.455. The summed E-state index contributed by atoms with van der Waals surface area (Å²) in [5.74, 6) is 0.237. The second-order valence-electron chi connectivity index (χ2n) is 4.41. The molecule has 1 saturated heterocycles. The number of carbonyl (C=O) groups excluding carboxylic acids is 1. The summed E-state index contributed by atoms with van der Waals surface area (Å²) < 4.78 is 0.764. The Labute approximate surface area is 109 Å². The van der Waals surface area contributed by atoms with Gasteiger partial charge in [0.15, 0.2) is 0 Å². The number of likely N-dealkylation sites (tertiary alicyclic amines) is 1. The van der Waals surface area contributed by atoms with Crippen molar-refractivity contribution in [1.82, 2.24) is 14.8 Å². The molecule has 0 spiro atoms.